The van der Waals surface area contributed by atoms with Gasteiger partial charge in [-0.25, -0.2) is 0 Å². The quantitative estimate of drug-likeness (QED) is 0.667. The van der Waals surface area contributed by atoms with Crippen LogP contribution in [0.15, 0.2) is 24.3 Å². The second kappa shape index (κ2) is 7.78. The average Bonchev–Trinajstić information content (AvgIpc) is 2.53. The molecule has 21 heavy (non-hydrogen) atoms. The Morgan fingerprint density at radius 1 is 1.43 bits per heavy atom. The second-order valence-corrected chi connectivity index (χ2v) is 5.20. The van der Waals surface area contributed by atoms with Crippen molar-refractivity contribution in [1.82, 2.24) is 5.32 Å². The van der Waals surface area contributed by atoms with Gasteiger partial charge in [0, 0.05) is 32.2 Å². The molecule has 1 unspecified atom stereocenters. The molecule has 0 aliphatic carbocycles. The van der Waals surface area contributed by atoms with E-state index >= 15 is 0 Å². The predicted molar refractivity (Wildman–Crippen MR) is 78.2 cm³/mol. The summed E-state index contributed by atoms with van der Waals surface area (Å²) in [5.41, 5.74) is 0.475. The van der Waals surface area contributed by atoms with E-state index in [-0.39, 0.29) is 11.9 Å². The fraction of sp³-hybridized carbons (Fsp3) is 0.500. The first-order valence-electron chi connectivity index (χ1n) is 7.29. The van der Waals surface area contributed by atoms with Crippen LogP contribution < -0.4 is 10.1 Å². The van der Waals surface area contributed by atoms with E-state index in [4.69, 9.17) is 9.47 Å². The highest BCUT2D eigenvalue weighted by molar-refractivity contribution is 5.94. The van der Waals surface area contributed by atoms with E-state index in [1.54, 1.807) is 31.3 Å². The van der Waals surface area contributed by atoms with E-state index in [0.29, 0.717) is 23.7 Å². The van der Waals surface area contributed by atoms with Gasteiger partial charge in [-0.2, -0.15) is 0 Å². The Kier molecular flexibility index (Phi) is 5.75. The van der Waals surface area contributed by atoms with Gasteiger partial charge in [-0.1, -0.05) is 6.07 Å². The summed E-state index contributed by atoms with van der Waals surface area (Å²) in [6.07, 6.45) is 3.33. The molecule has 5 heteroatoms. The third-order valence-electron chi connectivity index (χ3n) is 3.57. The van der Waals surface area contributed by atoms with Gasteiger partial charge in [0.2, 0.25) is 0 Å². The van der Waals surface area contributed by atoms with Crippen LogP contribution >= 0.6 is 0 Å². The molecule has 1 fully saturated rings. The summed E-state index contributed by atoms with van der Waals surface area (Å²) in [6.45, 7) is 1.56. The van der Waals surface area contributed by atoms with E-state index in [1.165, 1.54) is 0 Å². The van der Waals surface area contributed by atoms with Crippen LogP contribution in [0, 0.1) is 5.92 Å². The summed E-state index contributed by atoms with van der Waals surface area (Å²) in [5, 5.41) is 2.54. The molecule has 1 aromatic rings. The van der Waals surface area contributed by atoms with E-state index in [9.17, 15) is 9.59 Å². The number of nitrogens with one attached hydrogen (secondary N) is 1. The molecule has 1 heterocycles. The Labute approximate surface area is 124 Å². The van der Waals surface area contributed by atoms with E-state index in [2.05, 4.69) is 5.32 Å². The summed E-state index contributed by atoms with van der Waals surface area (Å²) in [4.78, 5) is 23.4. The molecule has 1 saturated heterocycles. The molecule has 2 rings (SSSR count). The van der Waals surface area contributed by atoms with Crippen molar-refractivity contribution in [2.24, 2.45) is 5.92 Å². The monoisotopic (exact) mass is 291 g/mol. The highest BCUT2D eigenvalue weighted by Crippen LogP contribution is 2.20. The number of hydrogen-bond donors (Lipinski definition) is 1. The lowest BCUT2D eigenvalue weighted by atomic mass is 9.97. The predicted octanol–water partition coefficient (Wildman–Crippen LogP) is 2.16. The molecule has 1 atom stereocenters. The highest BCUT2D eigenvalue weighted by atomic mass is 16.5. The third kappa shape index (κ3) is 4.86. The number of carbonyl (C=O) groups excluding carboxylic acids is 2. The Hall–Kier alpha value is -1.88. The van der Waals surface area contributed by atoms with Crippen LogP contribution in [0.5, 0.6) is 5.75 Å². The maximum atomic E-state index is 11.8. The molecule has 0 spiro atoms. The first-order valence-corrected chi connectivity index (χ1v) is 7.29. The van der Waals surface area contributed by atoms with Gasteiger partial charge in [0.1, 0.15) is 5.75 Å². The van der Waals surface area contributed by atoms with Crippen molar-refractivity contribution in [3.63, 3.8) is 0 Å². The van der Waals surface area contributed by atoms with Gasteiger partial charge in [0.05, 0.1) is 0 Å². The SMILES string of the molecule is CNC(=O)c1cccc(OC(=O)CCC2CCCOC2)c1. The average molecular weight is 291 g/mol. The van der Waals surface area contributed by atoms with Gasteiger partial charge < -0.3 is 14.8 Å². The minimum Gasteiger partial charge on any atom is -0.427 e. The fourth-order valence-corrected chi connectivity index (χ4v) is 2.38. The molecule has 0 aromatic heterocycles. The zero-order valence-electron chi connectivity index (χ0n) is 12.3. The van der Waals surface area contributed by atoms with Crippen LogP contribution in [-0.2, 0) is 9.53 Å². The van der Waals surface area contributed by atoms with Crippen molar-refractivity contribution in [1.29, 1.82) is 0 Å². The van der Waals surface area contributed by atoms with Crippen LogP contribution in [0.2, 0.25) is 0 Å². The summed E-state index contributed by atoms with van der Waals surface area (Å²) < 4.78 is 10.7. The smallest absolute Gasteiger partial charge is 0.311 e. The summed E-state index contributed by atoms with van der Waals surface area (Å²) in [7, 11) is 1.56. The maximum absolute atomic E-state index is 11.8. The van der Waals surface area contributed by atoms with E-state index in [1.807, 2.05) is 0 Å². The molecule has 1 aromatic carbocycles. The third-order valence-corrected chi connectivity index (χ3v) is 3.57. The number of benzene rings is 1. The van der Waals surface area contributed by atoms with E-state index < -0.39 is 0 Å². The lowest BCUT2D eigenvalue weighted by molar-refractivity contribution is -0.134. The Balaban J connectivity index is 1.83. The topological polar surface area (TPSA) is 64.6 Å². The van der Waals surface area contributed by atoms with Gasteiger partial charge in [-0.3, -0.25) is 9.59 Å². The Bertz CT molecular complexity index is 495. The number of amides is 1. The first kappa shape index (κ1) is 15.5. The lowest BCUT2D eigenvalue weighted by Gasteiger charge is -2.21. The minimum atomic E-state index is -0.269. The van der Waals surface area contributed by atoms with Crippen LogP contribution in [-0.4, -0.2) is 32.1 Å². The highest BCUT2D eigenvalue weighted by Gasteiger charge is 2.16. The number of ether oxygens (including phenoxy) is 2. The van der Waals surface area contributed by atoms with Crippen molar-refractivity contribution in [2.75, 3.05) is 20.3 Å². The van der Waals surface area contributed by atoms with Gasteiger partial charge >= 0.3 is 5.97 Å². The summed E-state index contributed by atoms with van der Waals surface area (Å²) >= 11 is 0. The standard InChI is InChI=1S/C16H21NO4/c1-17-16(19)13-5-2-6-14(10-13)21-15(18)8-7-12-4-3-9-20-11-12/h2,5-6,10,12H,3-4,7-9,11H2,1H3,(H,17,19). The van der Waals surface area contributed by atoms with Gasteiger partial charge in [0.15, 0.2) is 0 Å². The molecule has 1 aliphatic heterocycles. The molecule has 5 nitrogen and oxygen atoms in total. The van der Waals surface area contributed by atoms with Crippen molar-refractivity contribution in [3.05, 3.63) is 29.8 Å². The molecular formula is C16H21NO4. The van der Waals surface area contributed by atoms with Crippen LogP contribution in [0.1, 0.15) is 36.0 Å². The molecule has 0 saturated carbocycles. The number of hydrogen-bond acceptors (Lipinski definition) is 4. The second-order valence-electron chi connectivity index (χ2n) is 5.20. The molecular weight excluding hydrogens is 270 g/mol. The zero-order chi connectivity index (χ0) is 15.1. The first-order chi connectivity index (χ1) is 10.2. The van der Waals surface area contributed by atoms with Crippen LogP contribution in [0.4, 0.5) is 0 Å². The van der Waals surface area contributed by atoms with Gasteiger partial charge in [0.25, 0.3) is 5.91 Å². The van der Waals surface area contributed by atoms with Gasteiger partial charge in [-0.05, 0) is 43.4 Å². The van der Waals surface area contributed by atoms with Crippen molar-refractivity contribution in [3.8, 4) is 5.75 Å². The molecule has 1 aliphatic rings. The zero-order valence-corrected chi connectivity index (χ0v) is 12.3. The maximum Gasteiger partial charge on any atom is 0.311 e. The number of esters is 1. The Morgan fingerprint density at radius 3 is 3.00 bits per heavy atom. The largest absolute Gasteiger partial charge is 0.427 e. The molecule has 1 amide bonds. The lowest BCUT2D eigenvalue weighted by Crippen LogP contribution is -2.19. The molecule has 1 N–H and O–H groups in total. The number of carbonyl (C=O) groups is 2. The Morgan fingerprint density at radius 2 is 2.29 bits per heavy atom. The minimum absolute atomic E-state index is 0.202. The van der Waals surface area contributed by atoms with Crippen molar-refractivity contribution < 1.29 is 19.1 Å². The fourth-order valence-electron chi connectivity index (χ4n) is 2.38. The molecule has 114 valence electrons. The van der Waals surface area contributed by atoms with E-state index in [0.717, 1.165) is 32.5 Å². The number of rotatable bonds is 5. The van der Waals surface area contributed by atoms with Crippen molar-refractivity contribution in [2.45, 2.75) is 25.7 Å². The molecule has 0 bridgehead atoms. The molecule has 0 radical (unpaired) electrons. The van der Waals surface area contributed by atoms with Crippen LogP contribution in [0.3, 0.4) is 0 Å². The summed E-state index contributed by atoms with van der Waals surface area (Å²) in [5.74, 6) is 0.381. The normalized spacial score (nSPS) is 18.0. The summed E-state index contributed by atoms with van der Waals surface area (Å²) in [6, 6.07) is 6.62. The van der Waals surface area contributed by atoms with Gasteiger partial charge in [-0.15, -0.1) is 0 Å². The van der Waals surface area contributed by atoms with Crippen molar-refractivity contribution >= 4 is 11.9 Å². The van der Waals surface area contributed by atoms with Crippen LogP contribution in [0.25, 0.3) is 0 Å².